The van der Waals surface area contributed by atoms with Gasteiger partial charge in [0.05, 0.1) is 0 Å². The molecule has 0 spiro atoms. The molecule has 0 aromatic carbocycles. The van der Waals surface area contributed by atoms with Crippen LogP contribution in [-0.4, -0.2) is 41.3 Å². The third kappa shape index (κ3) is 11.7. The van der Waals surface area contributed by atoms with E-state index in [-0.39, 0.29) is 29.6 Å². The fourth-order valence-electron chi connectivity index (χ4n) is 0.841. The van der Waals surface area contributed by atoms with E-state index in [4.69, 9.17) is 5.11 Å². The van der Waals surface area contributed by atoms with Crippen LogP contribution in [0.3, 0.4) is 0 Å². The Morgan fingerprint density at radius 3 is 2.10 bits per heavy atom. The predicted octanol–water partition coefficient (Wildman–Crippen LogP) is 1.81. The number of hydrogen-bond acceptors (Lipinski definition) is 1. The zero-order chi connectivity index (χ0) is 7.11. The molecule has 0 saturated carbocycles. The summed E-state index contributed by atoms with van der Waals surface area (Å²) in [6, 6.07) is 0. The van der Waals surface area contributed by atoms with Crippen LogP contribution in [0.25, 0.3) is 0 Å². The molecule has 0 aliphatic heterocycles. The summed E-state index contributed by atoms with van der Waals surface area (Å²) < 4.78 is 0. The molecule has 0 amide bonds. The van der Waals surface area contributed by atoms with Gasteiger partial charge in [-0.1, -0.05) is 33.1 Å². The first-order valence-corrected chi connectivity index (χ1v) is 3.88. The number of aliphatic hydroxyl groups excluding tert-OH is 1. The van der Waals surface area contributed by atoms with Gasteiger partial charge in [0.2, 0.25) is 0 Å². The minimum Gasteiger partial charge on any atom is -0.396 e. The standard InChI is InChI=1S/C8H18O.Na/c1-8(2)6-4-3-5-7-9;/h8-9H,3-7H2,1-2H3;. The average Bonchev–Trinajstić information content (AvgIpc) is 1.80. The first-order chi connectivity index (χ1) is 4.27. The Kier molecular flexibility index (Phi) is 13.5. The van der Waals surface area contributed by atoms with Crippen LogP contribution < -0.4 is 0 Å². The van der Waals surface area contributed by atoms with Crippen molar-refractivity contribution in [2.75, 3.05) is 6.61 Å². The fraction of sp³-hybridized carbons (Fsp3) is 1.00. The van der Waals surface area contributed by atoms with Crippen molar-refractivity contribution in [1.82, 2.24) is 0 Å². The number of aliphatic hydroxyl groups is 1. The van der Waals surface area contributed by atoms with Gasteiger partial charge in [0.25, 0.3) is 0 Å². The topological polar surface area (TPSA) is 20.2 Å². The average molecular weight is 153 g/mol. The van der Waals surface area contributed by atoms with Gasteiger partial charge < -0.3 is 5.11 Å². The van der Waals surface area contributed by atoms with E-state index in [9.17, 15) is 0 Å². The molecule has 0 atom stereocenters. The van der Waals surface area contributed by atoms with Gasteiger partial charge in [0.1, 0.15) is 0 Å². The molecule has 0 unspecified atom stereocenters. The van der Waals surface area contributed by atoms with Crippen LogP contribution >= 0.6 is 0 Å². The van der Waals surface area contributed by atoms with Crippen molar-refractivity contribution >= 4 is 29.6 Å². The summed E-state index contributed by atoms with van der Waals surface area (Å²) in [6.45, 7) is 4.83. The SMILES string of the molecule is CC(C)CCCCCO.[Na]. The number of rotatable bonds is 5. The third-order valence-electron chi connectivity index (χ3n) is 1.44. The van der Waals surface area contributed by atoms with Crippen LogP contribution in [0.5, 0.6) is 0 Å². The van der Waals surface area contributed by atoms with Gasteiger partial charge in [0.15, 0.2) is 0 Å². The van der Waals surface area contributed by atoms with Crippen molar-refractivity contribution < 1.29 is 5.11 Å². The molecule has 0 heterocycles. The first-order valence-electron chi connectivity index (χ1n) is 3.88. The molecule has 0 aliphatic carbocycles. The van der Waals surface area contributed by atoms with Gasteiger partial charge in [0, 0.05) is 36.2 Å². The molecule has 2 heteroatoms. The Balaban J connectivity index is 0. The van der Waals surface area contributed by atoms with Gasteiger partial charge >= 0.3 is 0 Å². The maximum Gasteiger partial charge on any atom is 0.0431 e. The molecular weight excluding hydrogens is 135 g/mol. The molecule has 0 bridgehead atoms. The summed E-state index contributed by atoms with van der Waals surface area (Å²) in [5.41, 5.74) is 0. The van der Waals surface area contributed by atoms with Crippen molar-refractivity contribution in [2.24, 2.45) is 5.92 Å². The summed E-state index contributed by atoms with van der Waals surface area (Å²) >= 11 is 0. The van der Waals surface area contributed by atoms with Gasteiger partial charge in [-0.15, -0.1) is 0 Å². The largest absolute Gasteiger partial charge is 0.396 e. The fourth-order valence-corrected chi connectivity index (χ4v) is 0.841. The predicted molar refractivity (Wildman–Crippen MR) is 46.1 cm³/mol. The smallest absolute Gasteiger partial charge is 0.0431 e. The van der Waals surface area contributed by atoms with Crippen LogP contribution in [0.1, 0.15) is 39.5 Å². The number of hydrogen-bond donors (Lipinski definition) is 1. The minimum atomic E-state index is 0. The molecule has 10 heavy (non-hydrogen) atoms. The Labute approximate surface area is 86.5 Å². The zero-order valence-electron chi connectivity index (χ0n) is 7.56. The molecule has 0 aromatic heterocycles. The Morgan fingerprint density at radius 1 is 1.10 bits per heavy atom. The van der Waals surface area contributed by atoms with E-state index in [0.29, 0.717) is 6.61 Å². The van der Waals surface area contributed by atoms with E-state index in [1.165, 1.54) is 19.3 Å². The van der Waals surface area contributed by atoms with Crippen LogP contribution in [0.2, 0.25) is 0 Å². The van der Waals surface area contributed by atoms with Gasteiger partial charge in [-0.3, -0.25) is 0 Å². The second-order valence-corrected chi connectivity index (χ2v) is 2.97. The molecule has 57 valence electrons. The molecule has 0 saturated heterocycles. The monoisotopic (exact) mass is 153 g/mol. The van der Waals surface area contributed by atoms with E-state index in [0.717, 1.165) is 12.3 Å². The van der Waals surface area contributed by atoms with E-state index in [2.05, 4.69) is 13.8 Å². The third-order valence-corrected chi connectivity index (χ3v) is 1.44. The second kappa shape index (κ2) is 9.96. The van der Waals surface area contributed by atoms with Crippen molar-refractivity contribution in [1.29, 1.82) is 0 Å². The van der Waals surface area contributed by atoms with Crippen molar-refractivity contribution in [3.05, 3.63) is 0 Å². The molecule has 0 aromatic rings. The Hall–Kier alpha value is 0.960. The number of unbranched alkanes of at least 4 members (excludes halogenated alkanes) is 2. The van der Waals surface area contributed by atoms with Crippen LogP contribution in [0.4, 0.5) is 0 Å². The van der Waals surface area contributed by atoms with Crippen LogP contribution in [0.15, 0.2) is 0 Å². The van der Waals surface area contributed by atoms with Gasteiger partial charge in [-0.25, -0.2) is 0 Å². The summed E-state index contributed by atoms with van der Waals surface area (Å²) in [6.07, 6.45) is 4.75. The first kappa shape index (κ1) is 13.5. The molecular formula is C8H18NaO. The Bertz CT molecular complexity index is 55.2. The summed E-state index contributed by atoms with van der Waals surface area (Å²) in [5, 5.41) is 8.43. The summed E-state index contributed by atoms with van der Waals surface area (Å²) in [4.78, 5) is 0. The zero-order valence-corrected chi connectivity index (χ0v) is 9.56. The summed E-state index contributed by atoms with van der Waals surface area (Å²) in [5.74, 6) is 0.823. The quantitative estimate of drug-likeness (QED) is 0.472. The maximum atomic E-state index is 8.43. The summed E-state index contributed by atoms with van der Waals surface area (Å²) in [7, 11) is 0. The van der Waals surface area contributed by atoms with Gasteiger partial charge in [-0.05, 0) is 12.3 Å². The molecule has 1 N–H and O–H groups in total. The van der Waals surface area contributed by atoms with Crippen LogP contribution in [-0.2, 0) is 0 Å². The maximum absolute atomic E-state index is 8.43. The van der Waals surface area contributed by atoms with Crippen molar-refractivity contribution in [3.8, 4) is 0 Å². The van der Waals surface area contributed by atoms with Crippen molar-refractivity contribution in [3.63, 3.8) is 0 Å². The van der Waals surface area contributed by atoms with E-state index in [1.807, 2.05) is 0 Å². The van der Waals surface area contributed by atoms with Crippen LogP contribution in [0, 0.1) is 5.92 Å². The van der Waals surface area contributed by atoms with E-state index >= 15 is 0 Å². The normalized spacial score (nSPS) is 9.60. The minimum absolute atomic E-state index is 0. The molecule has 1 nitrogen and oxygen atoms in total. The van der Waals surface area contributed by atoms with E-state index in [1.54, 1.807) is 0 Å². The van der Waals surface area contributed by atoms with E-state index < -0.39 is 0 Å². The van der Waals surface area contributed by atoms with Gasteiger partial charge in [-0.2, -0.15) is 0 Å². The Morgan fingerprint density at radius 2 is 1.70 bits per heavy atom. The molecule has 1 radical (unpaired) electrons. The second-order valence-electron chi connectivity index (χ2n) is 2.97. The molecule has 0 fully saturated rings. The van der Waals surface area contributed by atoms with Crippen molar-refractivity contribution in [2.45, 2.75) is 39.5 Å². The molecule has 0 aliphatic rings. The molecule has 0 rings (SSSR count).